The number of hydrogen-bond donors (Lipinski definition) is 1. The van der Waals surface area contributed by atoms with E-state index in [0.29, 0.717) is 27.2 Å². The number of thiocarbonyl (C=S) groups is 1. The van der Waals surface area contributed by atoms with Crippen molar-refractivity contribution in [3.63, 3.8) is 0 Å². The van der Waals surface area contributed by atoms with E-state index >= 15 is 0 Å². The highest BCUT2D eigenvalue weighted by molar-refractivity contribution is 8.26. The second-order valence-electron chi connectivity index (χ2n) is 7.88. The fourth-order valence-corrected chi connectivity index (χ4v) is 5.15. The molecule has 0 atom stereocenters. The molecule has 1 aliphatic heterocycles. The van der Waals surface area contributed by atoms with Crippen LogP contribution in [0.25, 0.3) is 22.6 Å². The van der Waals surface area contributed by atoms with E-state index in [9.17, 15) is 9.59 Å². The van der Waals surface area contributed by atoms with Gasteiger partial charge in [-0.3, -0.25) is 18.9 Å². The lowest BCUT2D eigenvalue weighted by Gasteiger charge is -2.13. The first-order valence-electron chi connectivity index (χ1n) is 10.9. The largest absolute Gasteiger partial charge is 0.487 e. The van der Waals surface area contributed by atoms with E-state index in [-0.39, 0.29) is 25.5 Å². The highest BCUT2D eigenvalue weighted by Crippen LogP contribution is 2.37. The summed E-state index contributed by atoms with van der Waals surface area (Å²) in [5.41, 5.74) is 1.50. The molecule has 1 amide bonds. The standard InChI is InChI=1S/C25H20N4O4S2/c30-22(31)7-3-12-29-23(32)21(35-25(29)34)13-19-18-6-2-1-5-16(18)8-9-20(19)33-15-17-14-28-11-4-10-26-24(28)27-17/h1-2,4-6,8-11,13-14H,3,7,12,15H2,(H,30,31). The number of carboxylic acid groups (broad SMARTS) is 1. The van der Waals surface area contributed by atoms with Crippen LogP contribution in [-0.2, 0) is 16.2 Å². The molecule has 10 heteroatoms. The van der Waals surface area contributed by atoms with Crippen LogP contribution in [0.4, 0.5) is 0 Å². The number of carboxylic acids is 1. The maximum atomic E-state index is 13.1. The van der Waals surface area contributed by atoms with E-state index < -0.39 is 5.97 Å². The summed E-state index contributed by atoms with van der Waals surface area (Å²) in [6.45, 7) is 0.508. The molecule has 1 saturated heterocycles. The Kier molecular flexibility index (Phi) is 6.47. The molecule has 4 aromatic rings. The highest BCUT2D eigenvalue weighted by Gasteiger charge is 2.32. The van der Waals surface area contributed by atoms with Gasteiger partial charge in [0.15, 0.2) is 0 Å². The fourth-order valence-electron chi connectivity index (χ4n) is 3.86. The van der Waals surface area contributed by atoms with Gasteiger partial charge in [-0.05, 0) is 35.4 Å². The van der Waals surface area contributed by atoms with Gasteiger partial charge >= 0.3 is 5.97 Å². The smallest absolute Gasteiger partial charge is 0.303 e. The first-order chi connectivity index (χ1) is 17.0. The molecule has 1 fully saturated rings. The van der Waals surface area contributed by atoms with Crippen molar-refractivity contribution < 1.29 is 19.4 Å². The molecule has 2 aromatic carbocycles. The molecule has 0 spiro atoms. The lowest BCUT2D eigenvalue weighted by atomic mass is 10.0. The zero-order chi connectivity index (χ0) is 24.4. The molecule has 176 valence electrons. The molecule has 35 heavy (non-hydrogen) atoms. The number of carbonyl (C=O) groups excluding carboxylic acids is 1. The third-order valence-electron chi connectivity index (χ3n) is 5.51. The van der Waals surface area contributed by atoms with Gasteiger partial charge in [0.05, 0.1) is 10.6 Å². The number of rotatable bonds is 8. The third kappa shape index (κ3) is 4.89. The van der Waals surface area contributed by atoms with Gasteiger partial charge in [-0.15, -0.1) is 0 Å². The van der Waals surface area contributed by atoms with Gasteiger partial charge in [0.1, 0.15) is 16.7 Å². The van der Waals surface area contributed by atoms with E-state index in [1.807, 2.05) is 59.3 Å². The molecule has 1 aliphatic rings. The van der Waals surface area contributed by atoms with Gasteiger partial charge in [0.25, 0.3) is 5.91 Å². The SMILES string of the molecule is O=C(O)CCCN1C(=O)C(=Cc2c(OCc3cn4cccnc4n3)ccc3ccccc23)SC1=S. The van der Waals surface area contributed by atoms with Crippen molar-refractivity contribution in [2.75, 3.05) is 6.54 Å². The number of carbonyl (C=O) groups is 2. The number of aliphatic carboxylic acids is 1. The number of hydrogen-bond acceptors (Lipinski definition) is 7. The van der Waals surface area contributed by atoms with Crippen LogP contribution < -0.4 is 4.74 Å². The van der Waals surface area contributed by atoms with Crippen molar-refractivity contribution >= 4 is 62.8 Å². The third-order valence-corrected chi connectivity index (χ3v) is 6.89. The first kappa shape index (κ1) is 23.0. The second kappa shape index (κ2) is 9.85. The molecule has 0 bridgehead atoms. The Bertz CT molecular complexity index is 1460. The van der Waals surface area contributed by atoms with Crippen LogP contribution >= 0.6 is 24.0 Å². The van der Waals surface area contributed by atoms with Crippen LogP contribution in [0.2, 0.25) is 0 Å². The maximum Gasteiger partial charge on any atom is 0.303 e. The number of imidazole rings is 1. The van der Waals surface area contributed by atoms with Crippen molar-refractivity contribution in [3.05, 3.63) is 77.2 Å². The molecule has 0 radical (unpaired) electrons. The van der Waals surface area contributed by atoms with Crippen LogP contribution in [0.15, 0.2) is 66.0 Å². The minimum absolute atomic E-state index is 0.0179. The first-order valence-corrected chi connectivity index (χ1v) is 12.1. The van der Waals surface area contributed by atoms with Crippen molar-refractivity contribution in [2.45, 2.75) is 19.4 Å². The van der Waals surface area contributed by atoms with Crippen LogP contribution in [0, 0.1) is 0 Å². The maximum absolute atomic E-state index is 13.1. The Hall–Kier alpha value is -3.76. The van der Waals surface area contributed by atoms with Gasteiger partial charge in [-0.2, -0.15) is 0 Å². The van der Waals surface area contributed by atoms with Gasteiger partial charge in [-0.25, -0.2) is 9.97 Å². The average Bonchev–Trinajstić information content (AvgIpc) is 3.39. The number of ether oxygens (including phenoxy) is 1. The van der Waals surface area contributed by atoms with E-state index in [1.54, 1.807) is 12.3 Å². The summed E-state index contributed by atoms with van der Waals surface area (Å²) < 4.78 is 8.42. The number of aromatic nitrogens is 3. The van der Waals surface area contributed by atoms with Gasteiger partial charge in [-0.1, -0.05) is 54.3 Å². The Balaban J connectivity index is 1.45. The van der Waals surface area contributed by atoms with Gasteiger partial charge in [0.2, 0.25) is 5.78 Å². The molecule has 8 nitrogen and oxygen atoms in total. The topological polar surface area (TPSA) is 97.0 Å². The van der Waals surface area contributed by atoms with Crippen LogP contribution in [0.3, 0.4) is 0 Å². The Morgan fingerprint density at radius 3 is 2.89 bits per heavy atom. The molecule has 3 heterocycles. The number of nitrogens with zero attached hydrogens (tertiary/aromatic N) is 4. The number of thioether (sulfide) groups is 1. The zero-order valence-electron chi connectivity index (χ0n) is 18.5. The van der Waals surface area contributed by atoms with E-state index in [2.05, 4.69) is 9.97 Å². The predicted molar refractivity (Wildman–Crippen MR) is 138 cm³/mol. The summed E-state index contributed by atoms with van der Waals surface area (Å²) >= 11 is 6.61. The van der Waals surface area contributed by atoms with Crippen LogP contribution in [0.5, 0.6) is 5.75 Å². The quantitative estimate of drug-likeness (QED) is 0.276. The average molecular weight is 505 g/mol. The number of amides is 1. The predicted octanol–water partition coefficient (Wildman–Crippen LogP) is 4.53. The Morgan fingerprint density at radius 1 is 1.20 bits per heavy atom. The number of benzene rings is 2. The Labute approximate surface area is 210 Å². The molecule has 5 rings (SSSR count). The molecule has 1 N–H and O–H groups in total. The van der Waals surface area contributed by atoms with E-state index in [4.69, 9.17) is 22.1 Å². The minimum Gasteiger partial charge on any atom is -0.487 e. The lowest BCUT2D eigenvalue weighted by Crippen LogP contribution is -2.29. The summed E-state index contributed by atoms with van der Waals surface area (Å²) in [6.07, 6.45) is 7.55. The molecular formula is C25H20N4O4S2. The highest BCUT2D eigenvalue weighted by atomic mass is 32.2. The lowest BCUT2D eigenvalue weighted by molar-refractivity contribution is -0.137. The molecular weight excluding hydrogens is 484 g/mol. The van der Waals surface area contributed by atoms with Crippen molar-refractivity contribution in [2.24, 2.45) is 0 Å². The summed E-state index contributed by atoms with van der Waals surface area (Å²) in [7, 11) is 0. The summed E-state index contributed by atoms with van der Waals surface area (Å²) in [4.78, 5) is 34.6. The molecule has 0 aliphatic carbocycles. The summed E-state index contributed by atoms with van der Waals surface area (Å²) in [5.74, 6) is 0.0851. The second-order valence-corrected chi connectivity index (χ2v) is 9.55. The van der Waals surface area contributed by atoms with E-state index in [0.717, 1.165) is 22.0 Å². The monoisotopic (exact) mass is 504 g/mol. The fraction of sp³-hybridized carbons (Fsp3) is 0.160. The van der Waals surface area contributed by atoms with Crippen LogP contribution in [0.1, 0.15) is 24.1 Å². The normalized spacial score (nSPS) is 15.0. The molecule has 0 unspecified atom stereocenters. The van der Waals surface area contributed by atoms with Crippen LogP contribution in [-0.4, -0.2) is 47.1 Å². The summed E-state index contributed by atoms with van der Waals surface area (Å²) in [6, 6.07) is 13.6. The number of fused-ring (bicyclic) bond motifs is 2. The van der Waals surface area contributed by atoms with Crippen molar-refractivity contribution in [1.82, 2.24) is 19.3 Å². The minimum atomic E-state index is -0.898. The van der Waals surface area contributed by atoms with Gasteiger partial charge in [0, 0.05) is 37.1 Å². The van der Waals surface area contributed by atoms with Crippen molar-refractivity contribution in [1.29, 1.82) is 0 Å². The Morgan fingerprint density at radius 2 is 2.06 bits per heavy atom. The van der Waals surface area contributed by atoms with Gasteiger partial charge < -0.3 is 9.84 Å². The molecule has 0 saturated carbocycles. The summed E-state index contributed by atoms with van der Waals surface area (Å²) in [5, 5.41) is 10.9. The van der Waals surface area contributed by atoms with Crippen molar-refractivity contribution in [3.8, 4) is 5.75 Å². The zero-order valence-corrected chi connectivity index (χ0v) is 20.1. The molecule has 2 aromatic heterocycles. The van der Waals surface area contributed by atoms with E-state index in [1.165, 1.54) is 16.7 Å².